The molecule has 0 radical (unpaired) electrons. The second kappa shape index (κ2) is 9.52. The van der Waals surface area contributed by atoms with Crippen molar-refractivity contribution in [3.63, 3.8) is 0 Å². The maximum absolute atomic E-state index is 12.9. The fourth-order valence-electron chi connectivity index (χ4n) is 5.41. The fraction of sp³-hybridized carbons (Fsp3) is 0.423. The first-order valence-electron chi connectivity index (χ1n) is 12.1. The average Bonchev–Trinajstić information content (AvgIpc) is 3.53. The molecule has 180 valence electrons. The summed E-state index contributed by atoms with van der Waals surface area (Å²) in [5.74, 6) is -0.0340. The molecule has 0 bridgehead atoms. The van der Waals surface area contributed by atoms with E-state index in [-0.39, 0.29) is 11.7 Å². The van der Waals surface area contributed by atoms with E-state index < -0.39 is 15.9 Å². The van der Waals surface area contributed by atoms with Crippen LogP contribution in [-0.4, -0.2) is 67.0 Å². The van der Waals surface area contributed by atoms with Crippen molar-refractivity contribution < 1.29 is 13.2 Å². The molecule has 3 aromatic rings. The van der Waals surface area contributed by atoms with Crippen molar-refractivity contribution >= 4 is 26.8 Å². The van der Waals surface area contributed by atoms with Crippen LogP contribution in [0.25, 0.3) is 22.0 Å². The summed E-state index contributed by atoms with van der Waals surface area (Å²) in [5.41, 5.74) is 10.1. The van der Waals surface area contributed by atoms with Crippen LogP contribution in [0, 0.1) is 0 Å². The summed E-state index contributed by atoms with van der Waals surface area (Å²) >= 11 is 0. The van der Waals surface area contributed by atoms with Gasteiger partial charge < -0.3 is 15.6 Å². The van der Waals surface area contributed by atoms with Gasteiger partial charge in [-0.05, 0) is 73.5 Å². The van der Waals surface area contributed by atoms with E-state index in [0.717, 1.165) is 53.5 Å². The first-order chi connectivity index (χ1) is 16.4. The van der Waals surface area contributed by atoms with E-state index in [9.17, 15) is 13.2 Å². The Balaban J connectivity index is 1.36. The standard InChI is InChI=1S/C26H32N4O3S/c27-26(31)23-17-21(19-6-2-1-3-7-19)16-22-24(18-28-25(22)23)20-8-12-30(13-9-20)34(32,33)15-14-29-10-4-5-11-29/h1-3,6-7,16-18,20,28H,4-5,8-15H2,(H2,27,31). The van der Waals surface area contributed by atoms with E-state index in [0.29, 0.717) is 25.2 Å². The largest absolute Gasteiger partial charge is 0.366 e. The van der Waals surface area contributed by atoms with E-state index in [1.54, 1.807) is 4.31 Å². The van der Waals surface area contributed by atoms with Crippen LogP contribution in [0.1, 0.15) is 47.5 Å². The molecule has 2 aliphatic heterocycles. The summed E-state index contributed by atoms with van der Waals surface area (Å²) < 4.78 is 27.5. The van der Waals surface area contributed by atoms with Crippen LogP contribution >= 0.6 is 0 Å². The Morgan fingerprint density at radius 1 is 1.00 bits per heavy atom. The predicted molar refractivity (Wildman–Crippen MR) is 135 cm³/mol. The van der Waals surface area contributed by atoms with Gasteiger partial charge in [0.25, 0.3) is 5.91 Å². The first-order valence-corrected chi connectivity index (χ1v) is 13.7. The molecule has 0 saturated carbocycles. The van der Waals surface area contributed by atoms with Gasteiger partial charge in [-0.25, -0.2) is 12.7 Å². The van der Waals surface area contributed by atoms with Gasteiger partial charge in [0.05, 0.1) is 16.8 Å². The number of nitrogens with two attached hydrogens (primary N) is 1. The number of amides is 1. The molecule has 3 N–H and O–H groups in total. The van der Waals surface area contributed by atoms with E-state index >= 15 is 0 Å². The molecule has 3 heterocycles. The van der Waals surface area contributed by atoms with Crippen molar-refractivity contribution in [2.45, 2.75) is 31.6 Å². The van der Waals surface area contributed by atoms with E-state index in [1.165, 1.54) is 12.8 Å². The number of primary amides is 1. The molecule has 7 nitrogen and oxygen atoms in total. The number of sulfonamides is 1. The van der Waals surface area contributed by atoms with Gasteiger partial charge in [-0.15, -0.1) is 0 Å². The molecule has 0 aliphatic carbocycles. The predicted octanol–water partition coefficient (Wildman–Crippen LogP) is 3.54. The Kier molecular flexibility index (Phi) is 6.46. The molecule has 2 saturated heterocycles. The molecule has 1 aromatic heterocycles. The highest BCUT2D eigenvalue weighted by atomic mass is 32.2. The zero-order valence-corrected chi connectivity index (χ0v) is 20.2. The van der Waals surface area contributed by atoms with Gasteiger partial charge >= 0.3 is 0 Å². The van der Waals surface area contributed by atoms with Crippen molar-refractivity contribution in [1.82, 2.24) is 14.2 Å². The number of H-pyrrole nitrogens is 1. The van der Waals surface area contributed by atoms with Gasteiger partial charge in [0, 0.05) is 31.2 Å². The SMILES string of the molecule is NC(=O)c1cc(-c2ccccc2)cc2c(C3CCN(S(=O)(=O)CCN4CCCC4)CC3)c[nH]c12. The van der Waals surface area contributed by atoms with Gasteiger partial charge in [-0.1, -0.05) is 30.3 Å². The number of piperidine rings is 1. The zero-order chi connectivity index (χ0) is 23.7. The highest BCUT2D eigenvalue weighted by molar-refractivity contribution is 7.89. The average molecular weight is 481 g/mol. The van der Waals surface area contributed by atoms with Crippen molar-refractivity contribution in [3.05, 3.63) is 59.8 Å². The summed E-state index contributed by atoms with van der Waals surface area (Å²) in [5, 5.41) is 0.991. The highest BCUT2D eigenvalue weighted by Crippen LogP contribution is 2.37. The van der Waals surface area contributed by atoms with E-state index in [2.05, 4.69) is 16.0 Å². The van der Waals surface area contributed by atoms with Crippen LogP contribution in [0.3, 0.4) is 0 Å². The molecule has 0 unspecified atom stereocenters. The number of nitrogens with one attached hydrogen (secondary N) is 1. The maximum atomic E-state index is 12.9. The minimum Gasteiger partial charge on any atom is -0.366 e. The topological polar surface area (TPSA) is 99.5 Å². The Bertz CT molecular complexity index is 1270. The minimum atomic E-state index is -3.24. The number of nitrogens with zero attached hydrogens (tertiary/aromatic N) is 2. The second-order valence-electron chi connectivity index (χ2n) is 9.46. The maximum Gasteiger partial charge on any atom is 0.250 e. The minimum absolute atomic E-state index is 0.202. The van der Waals surface area contributed by atoms with Crippen molar-refractivity contribution in [3.8, 4) is 11.1 Å². The monoisotopic (exact) mass is 480 g/mol. The van der Waals surface area contributed by atoms with E-state index in [1.807, 2.05) is 42.6 Å². The number of carbonyl (C=O) groups is 1. The molecule has 34 heavy (non-hydrogen) atoms. The molecule has 0 spiro atoms. The third-order valence-corrected chi connectivity index (χ3v) is 9.20. The van der Waals surface area contributed by atoms with Crippen LogP contribution in [0.5, 0.6) is 0 Å². The third-order valence-electron chi connectivity index (χ3n) is 7.35. The number of likely N-dealkylation sites (tertiary alicyclic amines) is 1. The summed E-state index contributed by atoms with van der Waals surface area (Å²) in [7, 11) is -3.24. The number of carbonyl (C=O) groups excluding carboxylic acids is 1. The van der Waals surface area contributed by atoms with Gasteiger partial charge in [0.2, 0.25) is 10.0 Å². The van der Waals surface area contributed by atoms with Gasteiger partial charge in [-0.2, -0.15) is 0 Å². The highest BCUT2D eigenvalue weighted by Gasteiger charge is 2.30. The van der Waals surface area contributed by atoms with Crippen LogP contribution in [0.2, 0.25) is 0 Å². The molecule has 2 fully saturated rings. The van der Waals surface area contributed by atoms with Gasteiger partial charge in [-0.3, -0.25) is 4.79 Å². The molecule has 8 heteroatoms. The second-order valence-corrected chi connectivity index (χ2v) is 11.5. The summed E-state index contributed by atoms with van der Waals surface area (Å²) in [4.78, 5) is 17.7. The fourth-order valence-corrected chi connectivity index (χ4v) is 6.92. The normalized spacial score (nSPS) is 18.6. The van der Waals surface area contributed by atoms with Crippen LogP contribution in [0.4, 0.5) is 0 Å². The smallest absolute Gasteiger partial charge is 0.250 e. The summed E-state index contributed by atoms with van der Waals surface area (Å²) in [6.07, 6.45) is 5.82. The third kappa shape index (κ3) is 4.62. The molecule has 2 aromatic carbocycles. The van der Waals surface area contributed by atoms with Crippen molar-refractivity contribution in [2.24, 2.45) is 5.73 Å². The lowest BCUT2D eigenvalue weighted by atomic mass is 9.88. The Morgan fingerprint density at radius 2 is 1.71 bits per heavy atom. The van der Waals surface area contributed by atoms with Crippen LogP contribution < -0.4 is 5.73 Å². The lowest BCUT2D eigenvalue weighted by Gasteiger charge is -2.31. The number of rotatable bonds is 7. The first kappa shape index (κ1) is 23.1. The van der Waals surface area contributed by atoms with Crippen LogP contribution in [-0.2, 0) is 10.0 Å². The number of hydrogen-bond donors (Lipinski definition) is 2. The Morgan fingerprint density at radius 3 is 2.38 bits per heavy atom. The molecular formula is C26H32N4O3S. The number of aromatic amines is 1. The van der Waals surface area contributed by atoms with Crippen molar-refractivity contribution in [1.29, 1.82) is 0 Å². The number of benzene rings is 2. The Hall–Kier alpha value is -2.68. The summed E-state index contributed by atoms with van der Waals surface area (Å²) in [6, 6.07) is 13.9. The van der Waals surface area contributed by atoms with E-state index in [4.69, 9.17) is 5.73 Å². The zero-order valence-electron chi connectivity index (χ0n) is 19.4. The molecule has 1 amide bonds. The molecule has 5 rings (SSSR count). The number of hydrogen-bond acceptors (Lipinski definition) is 4. The lowest BCUT2D eigenvalue weighted by Crippen LogP contribution is -2.41. The number of aromatic nitrogens is 1. The summed E-state index contributed by atoms with van der Waals surface area (Å²) in [6.45, 7) is 3.71. The van der Waals surface area contributed by atoms with Gasteiger partial charge in [0.15, 0.2) is 0 Å². The van der Waals surface area contributed by atoms with Crippen molar-refractivity contribution in [2.75, 3.05) is 38.5 Å². The molecule has 2 aliphatic rings. The number of fused-ring (bicyclic) bond motifs is 1. The molecular weight excluding hydrogens is 448 g/mol. The Labute approximate surface area is 201 Å². The quantitative estimate of drug-likeness (QED) is 0.540. The van der Waals surface area contributed by atoms with Crippen LogP contribution in [0.15, 0.2) is 48.7 Å². The lowest BCUT2D eigenvalue weighted by molar-refractivity contribution is 0.100. The molecule has 0 atom stereocenters. The van der Waals surface area contributed by atoms with Gasteiger partial charge in [0.1, 0.15) is 0 Å².